The SMILES string of the molecule is Cc1cccc(C)c1NC(=O)CN1CCN(CC(=O)N[C@H](C)c2ccccc2)CC1. The van der Waals surface area contributed by atoms with E-state index in [0.29, 0.717) is 13.1 Å². The molecule has 1 aliphatic rings. The van der Waals surface area contributed by atoms with E-state index >= 15 is 0 Å². The molecule has 0 bridgehead atoms. The fourth-order valence-electron chi connectivity index (χ4n) is 3.81. The average molecular weight is 409 g/mol. The highest BCUT2D eigenvalue weighted by molar-refractivity contribution is 5.93. The van der Waals surface area contributed by atoms with Crippen LogP contribution < -0.4 is 10.6 Å². The number of anilines is 1. The van der Waals surface area contributed by atoms with Crippen molar-refractivity contribution in [1.29, 1.82) is 0 Å². The Kier molecular flexibility index (Phi) is 7.60. The van der Waals surface area contributed by atoms with Crippen LogP contribution in [0.3, 0.4) is 0 Å². The molecule has 2 N–H and O–H groups in total. The molecule has 2 aromatic rings. The molecular weight excluding hydrogens is 376 g/mol. The van der Waals surface area contributed by atoms with E-state index in [1.807, 2.05) is 69.3 Å². The van der Waals surface area contributed by atoms with Crippen LogP contribution in [0.15, 0.2) is 48.5 Å². The van der Waals surface area contributed by atoms with Crippen LogP contribution in [-0.4, -0.2) is 60.9 Å². The van der Waals surface area contributed by atoms with Gasteiger partial charge in [-0.15, -0.1) is 0 Å². The maximum absolute atomic E-state index is 12.5. The number of nitrogens with one attached hydrogen (secondary N) is 2. The third-order valence-corrected chi connectivity index (χ3v) is 5.62. The molecule has 0 aliphatic carbocycles. The summed E-state index contributed by atoms with van der Waals surface area (Å²) >= 11 is 0. The van der Waals surface area contributed by atoms with Crippen molar-refractivity contribution < 1.29 is 9.59 Å². The van der Waals surface area contributed by atoms with Gasteiger partial charge in [0.2, 0.25) is 11.8 Å². The van der Waals surface area contributed by atoms with Gasteiger partial charge in [0, 0.05) is 31.9 Å². The van der Waals surface area contributed by atoms with E-state index in [9.17, 15) is 9.59 Å². The Labute approximate surface area is 179 Å². The number of carbonyl (C=O) groups is 2. The molecule has 0 spiro atoms. The molecule has 160 valence electrons. The maximum Gasteiger partial charge on any atom is 0.238 e. The van der Waals surface area contributed by atoms with E-state index < -0.39 is 0 Å². The molecule has 6 nitrogen and oxygen atoms in total. The molecule has 1 aliphatic heterocycles. The second-order valence-electron chi connectivity index (χ2n) is 8.07. The number of para-hydroxylation sites is 1. The van der Waals surface area contributed by atoms with Crippen molar-refractivity contribution in [2.75, 3.05) is 44.6 Å². The molecule has 3 rings (SSSR count). The number of carbonyl (C=O) groups excluding carboxylic acids is 2. The number of nitrogens with zero attached hydrogens (tertiary/aromatic N) is 2. The molecule has 0 aromatic heterocycles. The van der Waals surface area contributed by atoms with Crippen LogP contribution in [0.2, 0.25) is 0 Å². The molecule has 2 aromatic carbocycles. The van der Waals surface area contributed by atoms with Gasteiger partial charge in [0.1, 0.15) is 0 Å². The highest BCUT2D eigenvalue weighted by Crippen LogP contribution is 2.19. The highest BCUT2D eigenvalue weighted by atomic mass is 16.2. The number of rotatable bonds is 7. The van der Waals surface area contributed by atoms with Crippen molar-refractivity contribution in [2.45, 2.75) is 26.8 Å². The van der Waals surface area contributed by atoms with Crippen LogP contribution in [0.1, 0.15) is 29.7 Å². The van der Waals surface area contributed by atoms with E-state index in [0.717, 1.165) is 48.6 Å². The standard InChI is InChI=1S/C24H32N4O2/c1-18-8-7-9-19(2)24(18)26-23(30)17-28-14-12-27(13-15-28)16-22(29)25-20(3)21-10-5-4-6-11-21/h4-11,20H,12-17H2,1-3H3,(H,25,29)(H,26,30)/t20-/m1/s1. The van der Waals surface area contributed by atoms with Crippen LogP contribution in [0.25, 0.3) is 0 Å². The smallest absolute Gasteiger partial charge is 0.238 e. The summed E-state index contributed by atoms with van der Waals surface area (Å²) < 4.78 is 0. The monoisotopic (exact) mass is 408 g/mol. The lowest BCUT2D eigenvalue weighted by molar-refractivity contribution is -0.124. The predicted molar refractivity (Wildman–Crippen MR) is 120 cm³/mol. The van der Waals surface area contributed by atoms with Crippen molar-refractivity contribution in [3.05, 3.63) is 65.2 Å². The van der Waals surface area contributed by atoms with Crippen molar-refractivity contribution in [3.8, 4) is 0 Å². The van der Waals surface area contributed by atoms with Gasteiger partial charge in [0.25, 0.3) is 0 Å². The topological polar surface area (TPSA) is 64.7 Å². The van der Waals surface area contributed by atoms with E-state index in [1.54, 1.807) is 0 Å². The van der Waals surface area contributed by atoms with Crippen LogP contribution in [-0.2, 0) is 9.59 Å². The fourth-order valence-corrected chi connectivity index (χ4v) is 3.81. The molecule has 1 heterocycles. The number of amides is 2. The van der Waals surface area contributed by atoms with Gasteiger partial charge in [0.05, 0.1) is 19.1 Å². The number of benzene rings is 2. The predicted octanol–water partition coefficient (Wildman–Crippen LogP) is 2.74. The van der Waals surface area contributed by atoms with Gasteiger partial charge in [-0.3, -0.25) is 19.4 Å². The lowest BCUT2D eigenvalue weighted by Crippen LogP contribution is -2.51. The first-order valence-corrected chi connectivity index (χ1v) is 10.6. The second-order valence-corrected chi connectivity index (χ2v) is 8.07. The van der Waals surface area contributed by atoms with E-state index in [-0.39, 0.29) is 17.9 Å². The minimum Gasteiger partial charge on any atom is -0.348 e. The third-order valence-electron chi connectivity index (χ3n) is 5.62. The Balaban J connectivity index is 1.40. The first-order chi connectivity index (χ1) is 14.4. The largest absolute Gasteiger partial charge is 0.348 e. The number of aryl methyl sites for hydroxylation is 2. The average Bonchev–Trinajstić information content (AvgIpc) is 2.73. The Hall–Kier alpha value is -2.70. The Morgan fingerprint density at radius 3 is 1.93 bits per heavy atom. The van der Waals surface area contributed by atoms with Gasteiger partial charge < -0.3 is 10.6 Å². The lowest BCUT2D eigenvalue weighted by atomic mass is 10.1. The van der Waals surface area contributed by atoms with Crippen LogP contribution >= 0.6 is 0 Å². The van der Waals surface area contributed by atoms with Crippen molar-refractivity contribution in [2.24, 2.45) is 0 Å². The quantitative estimate of drug-likeness (QED) is 0.739. The molecule has 1 atom stereocenters. The van der Waals surface area contributed by atoms with Crippen molar-refractivity contribution in [3.63, 3.8) is 0 Å². The molecule has 6 heteroatoms. The molecule has 1 saturated heterocycles. The number of hydrogen-bond acceptors (Lipinski definition) is 4. The first-order valence-electron chi connectivity index (χ1n) is 10.6. The molecule has 1 fully saturated rings. The van der Waals surface area contributed by atoms with E-state index in [2.05, 4.69) is 20.4 Å². The first kappa shape index (κ1) is 22.0. The zero-order valence-electron chi connectivity index (χ0n) is 18.1. The summed E-state index contributed by atoms with van der Waals surface area (Å²) in [5.41, 5.74) is 4.16. The summed E-state index contributed by atoms with van der Waals surface area (Å²) in [5, 5.41) is 6.11. The molecule has 30 heavy (non-hydrogen) atoms. The summed E-state index contributed by atoms with van der Waals surface area (Å²) in [6.07, 6.45) is 0. The highest BCUT2D eigenvalue weighted by Gasteiger charge is 2.21. The maximum atomic E-state index is 12.5. The number of hydrogen-bond donors (Lipinski definition) is 2. The van der Waals surface area contributed by atoms with E-state index in [1.165, 1.54) is 0 Å². The van der Waals surface area contributed by atoms with Crippen LogP contribution in [0.4, 0.5) is 5.69 Å². The summed E-state index contributed by atoms with van der Waals surface area (Å²) in [7, 11) is 0. The van der Waals surface area contributed by atoms with Crippen LogP contribution in [0.5, 0.6) is 0 Å². The summed E-state index contributed by atoms with van der Waals surface area (Å²) in [4.78, 5) is 29.1. The molecule has 2 amide bonds. The Morgan fingerprint density at radius 2 is 1.37 bits per heavy atom. The molecular formula is C24H32N4O2. The minimum absolute atomic E-state index is 0.00594. The Morgan fingerprint density at radius 1 is 0.833 bits per heavy atom. The van der Waals surface area contributed by atoms with Crippen molar-refractivity contribution >= 4 is 17.5 Å². The van der Waals surface area contributed by atoms with Gasteiger partial charge in [-0.25, -0.2) is 0 Å². The third kappa shape index (κ3) is 6.15. The van der Waals surface area contributed by atoms with Gasteiger partial charge >= 0.3 is 0 Å². The number of piperazine rings is 1. The van der Waals surface area contributed by atoms with Gasteiger partial charge in [-0.2, -0.15) is 0 Å². The summed E-state index contributed by atoms with van der Waals surface area (Å²) in [6.45, 7) is 9.89. The second kappa shape index (κ2) is 10.4. The zero-order valence-corrected chi connectivity index (χ0v) is 18.1. The van der Waals surface area contributed by atoms with Gasteiger partial charge in [-0.1, -0.05) is 48.5 Å². The summed E-state index contributed by atoms with van der Waals surface area (Å²) in [6, 6.07) is 16.0. The molecule has 0 unspecified atom stereocenters. The summed E-state index contributed by atoms with van der Waals surface area (Å²) in [5.74, 6) is 0.0443. The van der Waals surface area contributed by atoms with Gasteiger partial charge in [-0.05, 0) is 37.5 Å². The Bertz CT molecular complexity index is 841. The van der Waals surface area contributed by atoms with Crippen LogP contribution in [0, 0.1) is 13.8 Å². The fraction of sp³-hybridized carbons (Fsp3) is 0.417. The zero-order chi connectivity index (χ0) is 21.5. The molecule has 0 radical (unpaired) electrons. The minimum atomic E-state index is -0.00594. The van der Waals surface area contributed by atoms with E-state index in [4.69, 9.17) is 0 Å². The normalized spacial score (nSPS) is 16.1. The lowest BCUT2D eigenvalue weighted by Gasteiger charge is -2.34. The molecule has 0 saturated carbocycles. The van der Waals surface area contributed by atoms with Crippen molar-refractivity contribution in [1.82, 2.24) is 15.1 Å². The van der Waals surface area contributed by atoms with Gasteiger partial charge in [0.15, 0.2) is 0 Å².